The van der Waals surface area contributed by atoms with Gasteiger partial charge < -0.3 is 14.8 Å². The molecule has 0 bridgehead atoms. The highest BCUT2D eigenvalue weighted by atomic mass is 19.1. The highest BCUT2D eigenvalue weighted by Gasteiger charge is 2.42. The van der Waals surface area contributed by atoms with Crippen molar-refractivity contribution in [1.29, 1.82) is 0 Å². The number of para-hydroxylation sites is 3. The Morgan fingerprint density at radius 3 is 2.33 bits per heavy atom. The Hall–Kier alpha value is -4.20. The van der Waals surface area contributed by atoms with Crippen molar-refractivity contribution < 1.29 is 27.8 Å². The topological polar surface area (TPSA) is 67.9 Å². The van der Waals surface area contributed by atoms with Crippen molar-refractivity contribution in [1.82, 2.24) is 0 Å². The van der Waals surface area contributed by atoms with Gasteiger partial charge in [-0.05, 0) is 37.3 Å². The largest absolute Gasteiger partial charge is 0.496 e. The van der Waals surface area contributed by atoms with E-state index in [4.69, 9.17) is 9.47 Å². The number of ether oxygens (including phenoxy) is 2. The molecule has 0 saturated carbocycles. The van der Waals surface area contributed by atoms with Gasteiger partial charge in [0.25, 0.3) is 11.8 Å². The molecule has 1 aliphatic heterocycles. The summed E-state index contributed by atoms with van der Waals surface area (Å²) in [6, 6.07) is 16.1. The third kappa shape index (κ3) is 4.03. The molecule has 8 heteroatoms. The van der Waals surface area contributed by atoms with Crippen LogP contribution in [0.25, 0.3) is 5.57 Å². The monoisotopic (exact) mass is 450 g/mol. The molecule has 3 aromatic carbocycles. The van der Waals surface area contributed by atoms with E-state index in [0.717, 1.165) is 18.2 Å². The molecule has 168 valence electrons. The maximum absolute atomic E-state index is 14.6. The standard InChI is InChI=1S/C25H20F2N2O4/c1-3-33-21-11-7-5-9-18(21)28-23-22(16-8-4-6-10-20(16)32-2)24(30)29(25(23)31)19-14-15(26)12-13-17(19)27/h4-14,28H,3H2,1-2H3. The molecular formula is C25H20F2N2O4. The van der Waals surface area contributed by atoms with E-state index in [1.165, 1.54) is 7.11 Å². The van der Waals surface area contributed by atoms with Gasteiger partial charge in [0.05, 0.1) is 30.7 Å². The first-order valence-corrected chi connectivity index (χ1v) is 10.2. The molecule has 1 aliphatic rings. The molecule has 6 nitrogen and oxygen atoms in total. The van der Waals surface area contributed by atoms with Crippen LogP contribution in [0.15, 0.2) is 72.4 Å². The number of imide groups is 1. The van der Waals surface area contributed by atoms with E-state index in [0.29, 0.717) is 34.3 Å². The third-order valence-corrected chi connectivity index (χ3v) is 5.06. The second kappa shape index (κ2) is 9.12. The smallest absolute Gasteiger partial charge is 0.282 e. The van der Waals surface area contributed by atoms with Gasteiger partial charge in [0.15, 0.2) is 0 Å². The Morgan fingerprint density at radius 2 is 1.61 bits per heavy atom. The Bertz CT molecular complexity index is 1270. The van der Waals surface area contributed by atoms with E-state index in [2.05, 4.69) is 5.32 Å². The second-order valence-electron chi connectivity index (χ2n) is 7.05. The maximum Gasteiger partial charge on any atom is 0.282 e. The van der Waals surface area contributed by atoms with Crippen LogP contribution >= 0.6 is 0 Å². The van der Waals surface area contributed by atoms with Crippen LogP contribution in [0.3, 0.4) is 0 Å². The Balaban J connectivity index is 1.90. The number of nitrogens with zero attached hydrogens (tertiary/aromatic N) is 1. The van der Waals surface area contributed by atoms with Gasteiger partial charge in [0, 0.05) is 11.6 Å². The van der Waals surface area contributed by atoms with E-state index in [1.807, 2.05) is 6.92 Å². The fourth-order valence-electron chi connectivity index (χ4n) is 3.61. The minimum atomic E-state index is -0.909. The molecule has 4 rings (SSSR count). The van der Waals surface area contributed by atoms with Crippen LogP contribution in [-0.2, 0) is 9.59 Å². The predicted octanol–water partition coefficient (Wildman–Crippen LogP) is 4.77. The van der Waals surface area contributed by atoms with E-state index in [9.17, 15) is 18.4 Å². The van der Waals surface area contributed by atoms with Gasteiger partial charge in [0.2, 0.25) is 0 Å². The van der Waals surface area contributed by atoms with Gasteiger partial charge >= 0.3 is 0 Å². The fourth-order valence-corrected chi connectivity index (χ4v) is 3.61. The highest BCUT2D eigenvalue weighted by Crippen LogP contribution is 2.39. The lowest BCUT2D eigenvalue weighted by Crippen LogP contribution is -2.33. The number of hydrogen-bond acceptors (Lipinski definition) is 5. The van der Waals surface area contributed by atoms with E-state index in [1.54, 1.807) is 48.5 Å². The van der Waals surface area contributed by atoms with Crippen LogP contribution in [0.1, 0.15) is 12.5 Å². The number of nitrogens with one attached hydrogen (secondary N) is 1. The van der Waals surface area contributed by atoms with Crippen molar-refractivity contribution in [3.8, 4) is 11.5 Å². The highest BCUT2D eigenvalue weighted by molar-refractivity contribution is 6.46. The average Bonchev–Trinajstić information content (AvgIpc) is 3.06. The molecular weight excluding hydrogens is 430 g/mol. The minimum absolute atomic E-state index is 0.0348. The number of anilines is 2. The Morgan fingerprint density at radius 1 is 0.909 bits per heavy atom. The Labute approximate surface area is 189 Å². The molecule has 0 saturated heterocycles. The SMILES string of the molecule is CCOc1ccccc1NC1=C(c2ccccc2OC)C(=O)N(c2cc(F)ccc2F)C1=O. The van der Waals surface area contributed by atoms with Crippen molar-refractivity contribution in [2.75, 3.05) is 23.9 Å². The molecule has 0 radical (unpaired) electrons. The normalized spacial score (nSPS) is 13.5. The quantitative estimate of drug-likeness (QED) is 0.526. The lowest BCUT2D eigenvalue weighted by molar-refractivity contribution is -0.120. The molecule has 0 atom stereocenters. The van der Waals surface area contributed by atoms with Gasteiger partial charge in [-0.1, -0.05) is 30.3 Å². The fraction of sp³-hybridized carbons (Fsp3) is 0.120. The number of carbonyl (C=O) groups is 2. The molecule has 0 spiro atoms. The van der Waals surface area contributed by atoms with Crippen molar-refractivity contribution in [3.05, 3.63) is 89.6 Å². The summed E-state index contributed by atoms with van der Waals surface area (Å²) in [5.74, 6) is -2.54. The summed E-state index contributed by atoms with van der Waals surface area (Å²) in [4.78, 5) is 27.6. The molecule has 0 fully saturated rings. The van der Waals surface area contributed by atoms with Crippen LogP contribution in [0.2, 0.25) is 0 Å². The van der Waals surface area contributed by atoms with Crippen LogP contribution in [-0.4, -0.2) is 25.5 Å². The molecule has 3 aromatic rings. The average molecular weight is 450 g/mol. The number of hydrogen-bond donors (Lipinski definition) is 1. The third-order valence-electron chi connectivity index (χ3n) is 5.06. The zero-order chi connectivity index (χ0) is 23.5. The number of amides is 2. The first kappa shape index (κ1) is 22.0. The number of benzene rings is 3. The first-order chi connectivity index (χ1) is 16.0. The predicted molar refractivity (Wildman–Crippen MR) is 120 cm³/mol. The number of halogens is 2. The summed E-state index contributed by atoms with van der Waals surface area (Å²) in [7, 11) is 1.43. The summed E-state index contributed by atoms with van der Waals surface area (Å²) in [5.41, 5.74) is 0.138. The van der Waals surface area contributed by atoms with Gasteiger partial charge in [-0.2, -0.15) is 0 Å². The zero-order valence-electron chi connectivity index (χ0n) is 17.9. The summed E-state index contributed by atoms with van der Waals surface area (Å²) >= 11 is 0. The van der Waals surface area contributed by atoms with Crippen molar-refractivity contribution in [3.63, 3.8) is 0 Å². The van der Waals surface area contributed by atoms with Gasteiger partial charge in [-0.3, -0.25) is 9.59 Å². The van der Waals surface area contributed by atoms with Gasteiger partial charge in [-0.25, -0.2) is 13.7 Å². The van der Waals surface area contributed by atoms with Crippen LogP contribution < -0.4 is 19.7 Å². The summed E-state index contributed by atoms with van der Waals surface area (Å²) in [5, 5.41) is 2.98. The molecule has 0 aliphatic carbocycles. The van der Waals surface area contributed by atoms with Crippen molar-refractivity contribution in [2.24, 2.45) is 0 Å². The molecule has 2 amide bonds. The number of carbonyl (C=O) groups excluding carboxylic acids is 2. The van der Waals surface area contributed by atoms with Gasteiger partial charge in [-0.15, -0.1) is 0 Å². The van der Waals surface area contributed by atoms with Crippen molar-refractivity contribution >= 4 is 28.8 Å². The van der Waals surface area contributed by atoms with E-state index in [-0.39, 0.29) is 11.3 Å². The summed E-state index contributed by atoms with van der Waals surface area (Å²) < 4.78 is 39.5. The van der Waals surface area contributed by atoms with Crippen LogP contribution in [0.4, 0.5) is 20.2 Å². The van der Waals surface area contributed by atoms with E-state index >= 15 is 0 Å². The zero-order valence-corrected chi connectivity index (χ0v) is 17.9. The number of methoxy groups -OCH3 is 1. The summed E-state index contributed by atoms with van der Waals surface area (Å²) in [6.07, 6.45) is 0. The Kier molecular flexibility index (Phi) is 6.08. The molecule has 0 aromatic heterocycles. The van der Waals surface area contributed by atoms with Crippen molar-refractivity contribution in [2.45, 2.75) is 6.92 Å². The number of rotatable bonds is 7. The second-order valence-corrected chi connectivity index (χ2v) is 7.05. The minimum Gasteiger partial charge on any atom is -0.496 e. The van der Waals surface area contributed by atoms with Crippen LogP contribution in [0, 0.1) is 11.6 Å². The van der Waals surface area contributed by atoms with Crippen LogP contribution in [0.5, 0.6) is 11.5 Å². The molecule has 0 unspecified atom stereocenters. The summed E-state index contributed by atoms with van der Waals surface area (Å²) in [6.45, 7) is 2.19. The lowest BCUT2D eigenvalue weighted by atomic mass is 10.0. The maximum atomic E-state index is 14.6. The molecule has 1 heterocycles. The molecule has 1 N–H and O–H groups in total. The van der Waals surface area contributed by atoms with Gasteiger partial charge in [0.1, 0.15) is 28.8 Å². The lowest BCUT2D eigenvalue weighted by Gasteiger charge is -2.17. The van der Waals surface area contributed by atoms with E-state index < -0.39 is 29.1 Å². The first-order valence-electron chi connectivity index (χ1n) is 10.2. The molecule has 33 heavy (non-hydrogen) atoms.